The van der Waals surface area contributed by atoms with E-state index in [4.69, 9.17) is 0 Å². The number of aryl methyl sites for hydroxylation is 1. The van der Waals surface area contributed by atoms with E-state index in [0.717, 1.165) is 21.9 Å². The molecule has 0 atom stereocenters. The van der Waals surface area contributed by atoms with Gasteiger partial charge in [-0.15, -0.1) is 0 Å². The normalized spacial score (nSPS) is 12.8. The van der Waals surface area contributed by atoms with E-state index in [1.807, 2.05) is 25.1 Å². The maximum atomic E-state index is 13.5. The molecule has 4 N–H and O–H groups in total. The van der Waals surface area contributed by atoms with Gasteiger partial charge in [-0.2, -0.15) is 0 Å². The fourth-order valence-electron chi connectivity index (χ4n) is 4.91. The highest BCUT2D eigenvalue weighted by molar-refractivity contribution is 6.11. The van der Waals surface area contributed by atoms with Crippen LogP contribution < -0.4 is 10.2 Å². The van der Waals surface area contributed by atoms with Crippen molar-refractivity contribution in [2.24, 2.45) is 0 Å². The van der Waals surface area contributed by atoms with Crippen molar-refractivity contribution in [2.75, 3.05) is 16.8 Å². The summed E-state index contributed by atoms with van der Waals surface area (Å²) in [6.45, 7) is 2.52. The van der Waals surface area contributed by atoms with E-state index in [9.17, 15) is 19.8 Å². The van der Waals surface area contributed by atoms with Crippen LogP contribution in [0.4, 0.5) is 11.4 Å². The molecule has 0 radical (unpaired) electrons. The Morgan fingerprint density at radius 2 is 1.86 bits per heavy atom. The van der Waals surface area contributed by atoms with Gasteiger partial charge in [0.05, 0.1) is 17.6 Å². The molecule has 0 saturated heterocycles. The van der Waals surface area contributed by atoms with Gasteiger partial charge < -0.3 is 25.4 Å². The molecule has 0 spiro atoms. The second-order valence-electron chi connectivity index (χ2n) is 8.94. The van der Waals surface area contributed by atoms with E-state index in [1.54, 1.807) is 23.1 Å². The van der Waals surface area contributed by atoms with Crippen molar-refractivity contribution in [3.8, 4) is 11.5 Å². The van der Waals surface area contributed by atoms with Crippen LogP contribution in [0.25, 0.3) is 21.8 Å². The maximum Gasteiger partial charge on any atom is 0.274 e. The van der Waals surface area contributed by atoms with Crippen molar-refractivity contribution in [1.29, 1.82) is 0 Å². The van der Waals surface area contributed by atoms with Crippen LogP contribution in [0.5, 0.6) is 11.5 Å². The molecule has 2 amide bonds. The molecule has 1 aliphatic rings. The molecule has 36 heavy (non-hydrogen) atoms. The van der Waals surface area contributed by atoms with Crippen LogP contribution in [-0.4, -0.2) is 38.5 Å². The zero-order chi connectivity index (χ0) is 25.0. The van der Waals surface area contributed by atoms with E-state index in [-0.39, 0.29) is 23.3 Å². The zero-order valence-electron chi connectivity index (χ0n) is 19.4. The topological polar surface area (TPSA) is 119 Å². The molecule has 6 rings (SSSR count). The number of anilines is 2. The summed E-state index contributed by atoms with van der Waals surface area (Å²) in [5.41, 5.74) is 4.61. The minimum Gasteiger partial charge on any atom is -0.508 e. The van der Waals surface area contributed by atoms with Crippen molar-refractivity contribution >= 4 is 45.0 Å². The van der Waals surface area contributed by atoms with Crippen LogP contribution in [-0.2, 0) is 6.42 Å². The Morgan fingerprint density at radius 3 is 2.67 bits per heavy atom. The number of pyridine rings is 1. The molecule has 0 unspecified atom stereocenters. The molecule has 0 fully saturated rings. The number of phenolic OH excluding ortho intramolecular Hbond substituents is 2. The van der Waals surface area contributed by atoms with Crippen LogP contribution in [0.1, 0.15) is 32.0 Å². The van der Waals surface area contributed by atoms with Crippen molar-refractivity contribution in [2.45, 2.75) is 13.3 Å². The van der Waals surface area contributed by atoms with Gasteiger partial charge in [-0.3, -0.25) is 9.59 Å². The average molecular weight is 479 g/mol. The lowest BCUT2D eigenvalue weighted by Gasteiger charge is -2.18. The summed E-state index contributed by atoms with van der Waals surface area (Å²) >= 11 is 0. The quantitative estimate of drug-likeness (QED) is 0.294. The highest BCUT2D eigenvalue weighted by atomic mass is 16.3. The monoisotopic (exact) mass is 478 g/mol. The Morgan fingerprint density at radius 1 is 1.06 bits per heavy atom. The maximum absolute atomic E-state index is 13.5. The molecule has 3 heterocycles. The average Bonchev–Trinajstić information content (AvgIpc) is 3.48. The smallest absolute Gasteiger partial charge is 0.274 e. The first kappa shape index (κ1) is 21.7. The Hall–Kier alpha value is -4.85. The number of hydrogen-bond acceptors (Lipinski definition) is 5. The van der Waals surface area contributed by atoms with Gasteiger partial charge in [0.25, 0.3) is 11.8 Å². The molecule has 3 aromatic carbocycles. The van der Waals surface area contributed by atoms with Crippen LogP contribution in [0.2, 0.25) is 0 Å². The van der Waals surface area contributed by atoms with Gasteiger partial charge in [0, 0.05) is 28.9 Å². The molecule has 178 valence electrons. The number of carbonyl (C=O) groups is 2. The number of benzene rings is 3. The number of hydrogen-bond donors (Lipinski definition) is 4. The molecule has 8 heteroatoms. The van der Waals surface area contributed by atoms with Gasteiger partial charge in [0.2, 0.25) is 0 Å². The number of aromatic nitrogens is 2. The van der Waals surface area contributed by atoms with Crippen molar-refractivity contribution in [3.63, 3.8) is 0 Å². The summed E-state index contributed by atoms with van der Waals surface area (Å²) in [5.74, 6) is -0.314. The van der Waals surface area contributed by atoms with Gasteiger partial charge in [0.15, 0.2) is 0 Å². The third-order valence-corrected chi connectivity index (χ3v) is 6.64. The largest absolute Gasteiger partial charge is 0.508 e. The lowest BCUT2D eigenvalue weighted by Crippen LogP contribution is -2.29. The molecule has 2 aromatic heterocycles. The summed E-state index contributed by atoms with van der Waals surface area (Å²) in [6.07, 6.45) is 2.22. The summed E-state index contributed by atoms with van der Waals surface area (Å²) in [6, 6.07) is 16.9. The second-order valence-corrected chi connectivity index (χ2v) is 8.94. The van der Waals surface area contributed by atoms with Gasteiger partial charge in [-0.25, -0.2) is 4.98 Å². The molecule has 1 aliphatic heterocycles. The highest BCUT2D eigenvalue weighted by Crippen LogP contribution is 2.41. The Labute approximate surface area is 205 Å². The first-order chi connectivity index (χ1) is 17.4. The van der Waals surface area contributed by atoms with E-state index in [1.165, 1.54) is 30.5 Å². The standard InChI is InChI=1S/C28H22N4O4/c1-15-3-2-4-21-24(34)13-23-20(25(15)21)9-10-32(23)28(36)22-12-17-11-18(14-29-26(17)31-22)30-27(35)16-5-7-19(33)8-6-16/h2-8,11-14,33-34H,9-10H2,1H3,(H,29,31)(H,30,35). The van der Waals surface area contributed by atoms with E-state index in [2.05, 4.69) is 15.3 Å². The second kappa shape index (κ2) is 8.13. The van der Waals surface area contributed by atoms with E-state index < -0.39 is 0 Å². The van der Waals surface area contributed by atoms with E-state index in [0.29, 0.717) is 46.6 Å². The fraction of sp³-hybridized carbons (Fsp3) is 0.107. The predicted octanol–water partition coefficient (Wildman–Crippen LogP) is 4.89. The Balaban J connectivity index is 1.29. The third-order valence-electron chi connectivity index (χ3n) is 6.64. The van der Waals surface area contributed by atoms with Gasteiger partial charge >= 0.3 is 0 Å². The predicted molar refractivity (Wildman–Crippen MR) is 138 cm³/mol. The minimum atomic E-state index is -0.334. The number of carbonyl (C=O) groups excluding carboxylic acids is 2. The lowest BCUT2D eigenvalue weighted by molar-refractivity contribution is 0.0984. The first-order valence-electron chi connectivity index (χ1n) is 11.5. The molecular weight excluding hydrogens is 456 g/mol. The van der Waals surface area contributed by atoms with Gasteiger partial charge in [0.1, 0.15) is 22.8 Å². The first-order valence-corrected chi connectivity index (χ1v) is 11.5. The number of H-pyrrole nitrogens is 1. The van der Waals surface area contributed by atoms with Crippen molar-refractivity contribution < 1.29 is 19.8 Å². The number of aromatic amines is 1. The van der Waals surface area contributed by atoms with Crippen LogP contribution in [0, 0.1) is 6.92 Å². The summed E-state index contributed by atoms with van der Waals surface area (Å²) in [4.78, 5) is 35.1. The summed E-state index contributed by atoms with van der Waals surface area (Å²) in [7, 11) is 0. The van der Waals surface area contributed by atoms with Gasteiger partial charge in [-0.05, 0) is 66.3 Å². The fourth-order valence-corrected chi connectivity index (χ4v) is 4.91. The van der Waals surface area contributed by atoms with Crippen molar-refractivity contribution in [1.82, 2.24) is 9.97 Å². The molecule has 0 saturated carbocycles. The SMILES string of the molecule is Cc1cccc2c(O)cc3c(c12)CCN3C(=O)c1cc2cc(NC(=O)c3ccc(O)cc3)cnc2[nH]1. The zero-order valence-corrected chi connectivity index (χ0v) is 19.4. The number of fused-ring (bicyclic) bond motifs is 4. The summed E-state index contributed by atoms with van der Waals surface area (Å²) < 4.78 is 0. The lowest BCUT2D eigenvalue weighted by atomic mass is 9.97. The van der Waals surface area contributed by atoms with Gasteiger partial charge in [-0.1, -0.05) is 18.2 Å². The molecule has 8 nitrogen and oxygen atoms in total. The number of phenols is 2. The molecular formula is C28H22N4O4. The minimum absolute atomic E-state index is 0.0818. The number of rotatable bonds is 3. The van der Waals surface area contributed by atoms with Crippen LogP contribution >= 0.6 is 0 Å². The van der Waals surface area contributed by atoms with E-state index >= 15 is 0 Å². The molecule has 0 bridgehead atoms. The van der Waals surface area contributed by atoms with Crippen LogP contribution in [0.15, 0.2) is 66.9 Å². The number of nitrogens with one attached hydrogen (secondary N) is 2. The summed E-state index contributed by atoms with van der Waals surface area (Å²) in [5, 5.41) is 25.3. The highest BCUT2D eigenvalue weighted by Gasteiger charge is 2.29. The van der Waals surface area contributed by atoms with Crippen LogP contribution in [0.3, 0.4) is 0 Å². The van der Waals surface area contributed by atoms with Crippen molar-refractivity contribution in [3.05, 3.63) is 89.2 Å². The number of amides is 2. The molecule has 0 aliphatic carbocycles. The number of nitrogens with zero attached hydrogens (tertiary/aromatic N) is 2. The Bertz CT molecular complexity index is 1690. The number of aromatic hydroxyl groups is 2. The molecule has 5 aromatic rings. The third kappa shape index (κ3) is 3.51. The Kier molecular flexibility index (Phi) is 4.89.